The van der Waals surface area contributed by atoms with Crippen molar-refractivity contribution in [2.24, 2.45) is 0 Å². The van der Waals surface area contributed by atoms with Gasteiger partial charge in [0.2, 0.25) is 0 Å². The van der Waals surface area contributed by atoms with Gasteiger partial charge in [-0.1, -0.05) is 64.8 Å². The van der Waals surface area contributed by atoms with Gasteiger partial charge in [-0.15, -0.1) is 6.42 Å². The Morgan fingerprint density at radius 2 is 1.29 bits per heavy atom. The highest BCUT2D eigenvalue weighted by Crippen LogP contribution is 2.24. The Morgan fingerprint density at radius 3 is 1.67 bits per heavy atom. The van der Waals surface area contributed by atoms with Crippen molar-refractivity contribution in [1.29, 1.82) is 0 Å². The first-order valence-corrected chi connectivity index (χ1v) is 7.80. The summed E-state index contributed by atoms with van der Waals surface area (Å²) in [5.74, 6) is 22.6. The molecule has 0 heteroatoms. The summed E-state index contributed by atoms with van der Waals surface area (Å²) < 4.78 is 0. The summed E-state index contributed by atoms with van der Waals surface area (Å²) >= 11 is 0. The van der Waals surface area contributed by atoms with Crippen molar-refractivity contribution < 1.29 is 4.28 Å². The molecule has 0 spiro atoms. The van der Waals surface area contributed by atoms with Crippen LogP contribution in [0.5, 0.6) is 0 Å². The van der Waals surface area contributed by atoms with Crippen LogP contribution < -0.4 is 0 Å². The maximum absolute atomic E-state index is 4.84. The maximum Gasteiger partial charge on any atom is 0 e. The highest BCUT2D eigenvalue weighted by molar-refractivity contribution is 5.41. The van der Waals surface area contributed by atoms with E-state index in [1.54, 1.807) is 6.92 Å². The zero-order valence-corrected chi connectivity index (χ0v) is 15.5. The Bertz CT molecular complexity index is 802. The van der Waals surface area contributed by atoms with Crippen LogP contribution in [0.3, 0.4) is 0 Å². The van der Waals surface area contributed by atoms with E-state index in [4.69, 9.17) is 6.42 Å². The van der Waals surface area contributed by atoms with Crippen LogP contribution in [0, 0.1) is 59.7 Å². The Morgan fingerprint density at radius 1 is 0.833 bits per heavy atom. The summed E-state index contributed by atoms with van der Waals surface area (Å²) in [4.78, 5) is 0. The van der Waals surface area contributed by atoms with E-state index in [-0.39, 0.29) is 9.69 Å². The predicted octanol–water partition coefficient (Wildman–Crippen LogP) is 5.50. The quantitative estimate of drug-likeness (QED) is 0.600. The second-order valence-corrected chi connectivity index (χ2v) is 6.30. The van der Waals surface area contributed by atoms with Gasteiger partial charge in [-0.2, -0.15) is 0 Å². The molecule has 0 N–H and O–H groups in total. The minimum atomic E-state index is 0. The van der Waals surface area contributed by atoms with E-state index in [0.29, 0.717) is 5.92 Å². The third kappa shape index (κ3) is 9.87. The van der Waals surface area contributed by atoms with Crippen LogP contribution in [-0.2, 0) is 5.41 Å². The van der Waals surface area contributed by atoms with Crippen LogP contribution in [0.4, 0.5) is 0 Å². The lowest BCUT2D eigenvalue weighted by atomic mass is 9.86. The largest absolute Gasteiger partial charge is 0.106 e. The molecule has 0 nitrogen and oxygen atoms in total. The molecule has 0 aliphatic carbocycles. The summed E-state index contributed by atoms with van der Waals surface area (Å²) in [7, 11) is 0. The van der Waals surface area contributed by atoms with E-state index in [0.717, 1.165) is 0 Å². The maximum atomic E-state index is 4.84. The van der Waals surface area contributed by atoms with Crippen molar-refractivity contribution >= 4 is 0 Å². The van der Waals surface area contributed by atoms with Gasteiger partial charge >= 0.3 is 0 Å². The lowest BCUT2D eigenvalue weighted by molar-refractivity contribution is 0.589. The van der Waals surface area contributed by atoms with Crippen molar-refractivity contribution in [2.75, 3.05) is 0 Å². The van der Waals surface area contributed by atoms with Gasteiger partial charge in [-0.05, 0) is 76.7 Å². The van der Waals surface area contributed by atoms with E-state index in [9.17, 15) is 0 Å². The monoisotopic (exact) mass is 318 g/mol. The minimum Gasteiger partial charge on any atom is -0.106 e. The molecule has 1 aromatic carbocycles. The zero-order valence-electron chi connectivity index (χ0n) is 15.5. The Hall–Kier alpha value is -2.98. The molecular weight excluding hydrogens is 288 g/mol. The summed E-state index contributed by atoms with van der Waals surface area (Å²) in [6, 6.07) is 8.97. The van der Waals surface area contributed by atoms with Gasteiger partial charge < -0.3 is 0 Å². The van der Waals surface area contributed by atoms with E-state index in [1.165, 1.54) is 11.1 Å². The molecule has 126 valence electrons. The highest BCUT2D eigenvalue weighted by Gasteiger charge is 2.12. The molecule has 0 heterocycles. The van der Waals surface area contributed by atoms with Crippen molar-refractivity contribution in [3.8, 4) is 59.7 Å². The second kappa shape index (κ2) is 11.6. The molecule has 0 aromatic heterocycles. The predicted molar refractivity (Wildman–Crippen MR) is 111 cm³/mol. The smallest absolute Gasteiger partial charge is 0 e. The van der Waals surface area contributed by atoms with Gasteiger partial charge in [0.25, 0.3) is 0 Å². The minimum absolute atomic E-state index is 0. The van der Waals surface area contributed by atoms with Gasteiger partial charge in [0, 0.05) is 4.28 Å². The van der Waals surface area contributed by atoms with Crippen molar-refractivity contribution in [2.45, 2.75) is 52.9 Å². The molecule has 0 saturated carbocycles. The van der Waals surface area contributed by atoms with Gasteiger partial charge in [0.1, 0.15) is 0 Å². The van der Waals surface area contributed by atoms with E-state index in [2.05, 4.69) is 112 Å². The van der Waals surface area contributed by atoms with Gasteiger partial charge in [-0.25, -0.2) is 0 Å². The standard InChI is InChI=1S/C13H20.C11H4.3H2/c1-10(2)11-6-8-12(9-7-11)13(3,4)5;1-3-5-7-9-11-10-8-6-4-2;;;/h6-10H,1-5H3;1H,2H3;3*1H. The van der Waals surface area contributed by atoms with Crippen molar-refractivity contribution in [1.82, 2.24) is 0 Å². The number of hydrogen-bond donors (Lipinski definition) is 0. The highest BCUT2D eigenvalue weighted by atomic mass is 14.2. The van der Waals surface area contributed by atoms with Crippen LogP contribution in [0.1, 0.15) is 62.9 Å². The molecule has 1 aromatic rings. The topological polar surface area (TPSA) is 0 Å². The average molecular weight is 319 g/mol. The molecule has 0 aliphatic heterocycles. The molecular formula is C24H30. The van der Waals surface area contributed by atoms with Crippen LogP contribution in [-0.4, -0.2) is 0 Å². The Balaban J connectivity index is -0.000000179. The molecule has 24 heavy (non-hydrogen) atoms. The van der Waals surface area contributed by atoms with Crippen molar-refractivity contribution in [3.63, 3.8) is 0 Å². The molecule has 0 atom stereocenters. The van der Waals surface area contributed by atoms with Crippen LogP contribution in [0.25, 0.3) is 0 Å². The Kier molecular flexibility index (Phi) is 10.1. The summed E-state index contributed by atoms with van der Waals surface area (Å²) in [6.45, 7) is 12.9. The first-order valence-electron chi connectivity index (χ1n) is 7.80. The van der Waals surface area contributed by atoms with Crippen LogP contribution in [0.2, 0.25) is 0 Å². The van der Waals surface area contributed by atoms with Gasteiger partial charge in [-0.3, -0.25) is 0 Å². The molecule has 0 aliphatic rings. The number of hydrogen-bond acceptors (Lipinski definition) is 0. The third-order valence-electron chi connectivity index (χ3n) is 3.02. The van der Waals surface area contributed by atoms with Crippen molar-refractivity contribution in [3.05, 3.63) is 35.4 Å². The molecule has 0 bridgehead atoms. The summed E-state index contributed by atoms with van der Waals surface area (Å²) in [5.41, 5.74) is 3.11. The van der Waals surface area contributed by atoms with Gasteiger partial charge in [0.15, 0.2) is 0 Å². The first-order chi connectivity index (χ1) is 11.3. The molecule has 0 radical (unpaired) electrons. The molecule has 0 unspecified atom stereocenters. The molecule has 1 rings (SSSR count). The van der Waals surface area contributed by atoms with E-state index >= 15 is 0 Å². The third-order valence-corrected chi connectivity index (χ3v) is 3.02. The van der Waals surface area contributed by atoms with E-state index < -0.39 is 0 Å². The average Bonchev–Trinajstić information content (AvgIpc) is 2.54. The lowest BCUT2D eigenvalue weighted by Crippen LogP contribution is -2.10. The van der Waals surface area contributed by atoms with Crippen LogP contribution in [0.15, 0.2) is 24.3 Å². The second-order valence-electron chi connectivity index (χ2n) is 6.30. The number of rotatable bonds is 1. The van der Waals surface area contributed by atoms with Gasteiger partial charge in [0.05, 0.1) is 0 Å². The fraction of sp³-hybridized carbons (Fsp3) is 0.333. The van der Waals surface area contributed by atoms with E-state index in [1.807, 2.05) is 0 Å². The lowest BCUT2D eigenvalue weighted by Gasteiger charge is -2.19. The summed E-state index contributed by atoms with van der Waals surface area (Å²) in [5, 5.41) is 0. The first kappa shape index (κ1) is 21.0. The fourth-order valence-corrected chi connectivity index (χ4v) is 1.62. The number of benzene rings is 1. The zero-order chi connectivity index (χ0) is 18.4. The molecule has 0 saturated heterocycles. The van der Waals surface area contributed by atoms with Crippen LogP contribution >= 0.6 is 0 Å². The SMILES string of the molecule is C#CC#CC#CC#CC#CC.CC(C)c1ccc(C(C)(C)C)cc1.[HH].[HH].[HH]. The summed E-state index contributed by atoms with van der Waals surface area (Å²) in [6.07, 6.45) is 4.84. The molecule has 0 amide bonds. The normalized spacial score (nSPS) is 8.25. The number of terminal acetylenes is 1. The Labute approximate surface area is 152 Å². The molecule has 0 fully saturated rings. The fourth-order valence-electron chi connectivity index (χ4n) is 1.62.